The molecule has 2 heterocycles. The van der Waals surface area contributed by atoms with Crippen LogP contribution in [0, 0.1) is 6.92 Å². The molecule has 2 amide bonds. The number of hydrogen-bond donors (Lipinski definition) is 3. The summed E-state index contributed by atoms with van der Waals surface area (Å²) in [5, 5.41) is 8.98. The van der Waals surface area contributed by atoms with Gasteiger partial charge in [-0.15, -0.1) is 10.2 Å². The van der Waals surface area contributed by atoms with Gasteiger partial charge in [-0.3, -0.25) is 29.7 Å². The van der Waals surface area contributed by atoms with Crippen LogP contribution < -0.4 is 15.6 Å². The predicted molar refractivity (Wildman–Crippen MR) is 139 cm³/mol. The molecule has 0 bridgehead atoms. The van der Waals surface area contributed by atoms with E-state index in [0.29, 0.717) is 40.1 Å². The number of aryl methyl sites for hydroxylation is 1. The number of hydrogen-bond acceptors (Lipinski definition) is 8. The van der Waals surface area contributed by atoms with Crippen molar-refractivity contribution < 1.29 is 22.4 Å². The maximum atomic E-state index is 12.4. The number of nitrogens with one attached hydrogen (secondary N) is 3. The van der Waals surface area contributed by atoms with E-state index in [2.05, 4.69) is 25.8 Å². The van der Waals surface area contributed by atoms with Crippen molar-refractivity contribution in [3.05, 3.63) is 83.8 Å². The fraction of sp³-hybridized carbons (Fsp3) is 0.167. The first-order valence-electron chi connectivity index (χ1n) is 11.0. The Morgan fingerprint density at radius 2 is 1.73 bits per heavy atom. The predicted octanol–water partition coefficient (Wildman–Crippen LogP) is 2.82. The second-order valence-electron chi connectivity index (χ2n) is 8.08. The van der Waals surface area contributed by atoms with Crippen LogP contribution in [0.2, 0.25) is 0 Å². The lowest BCUT2D eigenvalue weighted by molar-refractivity contribution is -0.119. The molecule has 0 unspecified atom stereocenters. The normalized spacial score (nSPS) is 11.2. The molecule has 11 nitrogen and oxygen atoms in total. The van der Waals surface area contributed by atoms with Gasteiger partial charge in [0.25, 0.3) is 5.91 Å². The molecular formula is C24H24N6O5S2. The summed E-state index contributed by atoms with van der Waals surface area (Å²) >= 11 is 1.15. The average molecular weight is 541 g/mol. The molecule has 2 aromatic carbocycles. The van der Waals surface area contributed by atoms with Crippen molar-refractivity contribution in [1.29, 1.82) is 0 Å². The van der Waals surface area contributed by atoms with E-state index in [-0.39, 0.29) is 5.75 Å². The summed E-state index contributed by atoms with van der Waals surface area (Å²) in [6, 6.07) is 17.2. The van der Waals surface area contributed by atoms with E-state index in [0.717, 1.165) is 23.6 Å². The molecule has 0 saturated carbocycles. The molecule has 3 N–H and O–H groups in total. The molecule has 0 aliphatic heterocycles. The van der Waals surface area contributed by atoms with Crippen molar-refractivity contribution in [2.75, 3.05) is 16.7 Å². The molecule has 0 saturated heterocycles. The molecule has 0 aliphatic carbocycles. The summed E-state index contributed by atoms with van der Waals surface area (Å²) in [5.74, 6) is 0.305. The summed E-state index contributed by atoms with van der Waals surface area (Å²) in [6.45, 7) is 2.23. The summed E-state index contributed by atoms with van der Waals surface area (Å²) < 4.78 is 32.6. The zero-order valence-corrected chi connectivity index (χ0v) is 21.6. The van der Waals surface area contributed by atoms with Crippen molar-refractivity contribution >= 4 is 39.3 Å². The molecule has 13 heteroatoms. The van der Waals surface area contributed by atoms with Crippen LogP contribution >= 0.6 is 11.8 Å². The number of nitrogens with zero attached hydrogens (tertiary/aromatic N) is 3. The highest BCUT2D eigenvalue weighted by Gasteiger charge is 2.18. The molecule has 37 heavy (non-hydrogen) atoms. The number of carbonyl (C=O) groups is 2. The first kappa shape index (κ1) is 26.0. The third kappa shape index (κ3) is 7.21. The monoisotopic (exact) mass is 540 g/mol. The van der Waals surface area contributed by atoms with Crippen LogP contribution in [0.1, 0.15) is 21.7 Å². The molecular weight excluding hydrogens is 516 g/mol. The Bertz CT molecular complexity index is 1480. The number of aromatic nitrogens is 3. The summed E-state index contributed by atoms with van der Waals surface area (Å²) in [5.41, 5.74) is 7.37. The maximum absolute atomic E-state index is 12.4. The van der Waals surface area contributed by atoms with Gasteiger partial charge in [0.2, 0.25) is 15.9 Å². The number of furan rings is 1. The minimum Gasteiger partial charge on any atom is -0.467 e. The van der Waals surface area contributed by atoms with Gasteiger partial charge >= 0.3 is 0 Å². The van der Waals surface area contributed by atoms with Gasteiger partial charge in [0.15, 0.2) is 11.0 Å². The average Bonchev–Trinajstić information content (AvgIpc) is 3.52. The molecule has 4 rings (SSSR count). The lowest BCUT2D eigenvalue weighted by atomic mass is 10.1. The van der Waals surface area contributed by atoms with Crippen LogP contribution in [0.25, 0.3) is 11.4 Å². The number of benzene rings is 2. The Balaban J connectivity index is 1.45. The SMILES string of the molecule is Cc1ccc(C(=O)NNC(=O)CSc2nnc(-c3ccc(NS(C)(=O)=O)cc3)n2Cc2ccco2)cc1. The van der Waals surface area contributed by atoms with Crippen LogP contribution in [-0.4, -0.2) is 47.0 Å². The standard InChI is InChI=1S/C24H24N6O5S2/c1-16-5-7-18(8-6-16)23(32)27-25-21(31)15-36-24-28-26-22(30(24)14-20-4-3-13-35-20)17-9-11-19(12-10-17)29-37(2,33)34/h3-13,29H,14-15H2,1-2H3,(H,25,31)(H,27,32). The van der Waals surface area contributed by atoms with Gasteiger partial charge < -0.3 is 4.42 Å². The van der Waals surface area contributed by atoms with Gasteiger partial charge in [-0.25, -0.2) is 8.42 Å². The molecule has 0 radical (unpaired) electrons. The minimum atomic E-state index is -3.40. The number of amides is 2. The van der Waals surface area contributed by atoms with E-state index in [1.807, 2.05) is 25.1 Å². The lowest BCUT2D eigenvalue weighted by Crippen LogP contribution is -2.42. The van der Waals surface area contributed by atoms with Gasteiger partial charge in [0.05, 0.1) is 24.8 Å². The summed E-state index contributed by atoms with van der Waals surface area (Å²) in [6.07, 6.45) is 2.64. The highest BCUT2D eigenvalue weighted by Crippen LogP contribution is 2.26. The fourth-order valence-corrected chi connectivity index (χ4v) is 4.58. The van der Waals surface area contributed by atoms with E-state index in [1.165, 1.54) is 0 Å². The zero-order valence-electron chi connectivity index (χ0n) is 20.0. The van der Waals surface area contributed by atoms with Crippen LogP contribution in [-0.2, 0) is 21.4 Å². The van der Waals surface area contributed by atoms with E-state index in [4.69, 9.17) is 4.42 Å². The number of thioether (sulfide) groups is 1. The maximum Gasteiger partial charge on any atom is 0.269 e. The lowest BCUT2D eigenvalue weighted by Gasteiger charge is -2.10. The second kappa shape index (κ2) is 11.3. The van der Waals surface area contributed by atoms with E-state index < -0.39 is 21.8 Å². The smallest absolute Gasteiger partial charge is 0.269 e. The van der Waals surface area contributed by atoms with Crippen molar-refractivity contribution in [3.63, 3.8) is 0 Å². The number of hydrazine groups is 1. The quantitative estimate of drug-likeness (QED) is 0.217. The van der Waals surface area contributed by atoms with E-state index in [1.54, 1.807) is 53.3 Å². The topological polar surface area (TPSA) is 148 Å². The number of rotatable bonds is 9. The second-order valence-corrected chi connectivity index (χ2v) is 10.8. The number of sulfonamides is 1. The fourth-order valence-electron chi connectivity index (χ4n) is 3.28. The van der Waals surface area contributed by atoms with Gasteiger partial charge in [-0.05, 0) is 55.5 Å². The van der Waals surface area contributed by atoms with E-state index >= 15 is 0 Å². The molecule has 2 aromatic heterocycles. The van der Waals surface area contributed by atoms with Gasteiger partial charge in [0.1, 0.15) is 5.76 Å². The van der Waals surface area contributed by atoms with Crippen LogP contribution in [0.15, 0.2) is 76.5 Å². The molecule has 4 aromatic rings. The Hall–Kier alpha value is -4.10. The first-order chi connectivity index (χ1) is 17.7. The summed E-state index contributed by atoms with van der Waals surface area (Å²) in [4.78, 5) is 24.6. The number of carbonyl (C=O) groups excluding carboxylic acids is 2. The summed E-state index contributed by atoms with van der Waals surface area (Å²) in [7, 11) is -3.40. The zero-order chi connectivity index (χ0) is 26.4. The van der Waals surface area contributed by atoms with Crippen molar-refractivity contribution in [1.82, 2.24) is 25.6 Å². The van der Waals surface area contributed by atoms with Crippen molar-refractivity contribution in [3.8, 4) is 11.4 Å². The van der Waals surface area contributed by atoms with Gasteiger partial charge in [-0.2, -0.15) is 0 Å². The Morgan fingerprint density at radius 3 is 2.38 bits per heavy atom. The van der Waals surface area contributed by atoms with E-state index in [9.17, 15) is 18.0 Å². The third-order valence-corrected chi connectivity index (χ3v) is 6.59. The molecule has 0 fully saturated rings. The number of anilines is 1. The Kier molecular flexibility index (Phi) is 7.94. The highest BCUT2D eigenvalue weighted by atomic mass is 32.2. The van der Waals surface area contributed by atoms with Crippen LogP contribution in [0.3, 0.4) is 0 Å². The van der Waals surface area contributed by atoms with Crippen LogP contribution in [0.4, 0.5) is 5.69 Å². The van der Waals surface area contributed by atoms with Crippen LogP contribution in [0.5, 0.6) is 0 Å². The van der Waals surface area contributed by atoms with Crippen molar-refractivity contribution in [2.45, 2.75) is 18.6 Å². The van der Waals surface area contributed by atoms with Crippen molar-refractivity contribution in [2.24, 2.45) is 0 Å². The largest absolute Gasteiger partial charge is 0.467 e. The molecule has 0 aliphatic rings. The Morgan fingerprint density at radius 1 is 1.00 bits per heavy atom. The first-order valence-corrected chi connectivity index (χ1v) is 13.9. The molecule has 0 spiro atoms. The Labute approximate surface area is 217 Å². The van der Waals surface area contributed by atoms with Gasteiger partial charge in [0, 0.05) is 16.8 Å². The molecule has 0 atom stereocenters. The third-order valence-electron chi connectivity index (χ3n) is 5.02. The van der Waals surface area contributed by atoms with Gasteiger partial charge in [-0.1, -0.05) is 29.5 Å². The molecule has 192 valence electrons. The highest BCUT2D eigenvalue weighted by molar-refractivity contribution is 7.99. The minimum absolute atomic E-state index is 0.0261.